The lowest BCUT2D eigenvalue weighted by molar-refractivity contribution is -0.131. The van der Waals surface area contributed by atoms with Crippen molar-refractivity contribution in [1.82, 2.24) is 0 Å². The van der Waals surface area contributed by atoms with Gasteiger partial charge >= 0.3 is 0 Å². The quantitative estimate of drug-likeness (QED) is 0.724. The summed E-state index contributed by atoms with van der Waals surface area (Å²) >= 11 is 5.97. The van der Waals surface area contributed by atoms with E-state index in [-0.39, 0.29) is 11.8 Å². The first-order chi connectivity index (χ1) is 13.5. The maximum absolute atomic E-state index is 12.8. The molecule has 28 heavy (non-hydrogen) atoms. The topological polar surface area (TPSA) is 61.4 Å². The third kappa shape index (κ3) is 3.72. The number of rotatable bonds is 5. The normalized spacial score (nSPS) is 17.3. The fourth-order valence-corrected chi connectivity index (χ4v) is 3.90. The van der Waals surface area contributed by atoms with Crippen LogP contribution < -0.4 is 15.5 Å². The van der Waals surface area contributed by atoms with Gasteiger partial charge in [-0.1, -0.05) is 11.6 Å². The molecular formula is C22H24ClN3O2. The van der Waals surface area contributed by atoms with Gasteiger partial charge in [-0.25, -0.2) is 0 Å². The highest BCUT2D eigenvalue weighted by Gasteiger charge is 2.56. The predicted octanol–water partition coefficient (Wildman–Crippen LogP) is 4.61. The van der Waals surface area contributed by atoms with E-state index in [1.807, 2.05) is 31.2 Å². The van der Waals surface area contributed by atoms with Gasteiger partial charge in [-0.3, -0.25) is 9.59 Å². The van der Waals surface area contributed by atoms with Crippen LogP contribution in [0.1, 0.15) is 31.2 Å². The second kappa shape index (κ2) is 7.47. The van der Waals surface area contributed by atoms with Gasteiger partial charge in [-0.05, 0) is 80.6 Å². The Morgan fingerprint density at radius 1 is 0.964 bits per heavy atom. The zero-order valence-corrected chi connectivity index (χ0v) is 16.7. The lowest BCUT2D eigenvalue weighted by Crippen LogP contribution is -2.35. The van der Waals surface area contributed by atoms with Crippen molar-refractivity contribution in [2.45, 2.75) is 32.6 Å². The van der Waals surface area contributed by atoms with Crippen molar-refractivity contribution in [1.29, 1.82) is 0 Å². The van der Waals surface area contributed by atoms with Crippen molar-refractivity contribution in [2.75, 3.05) is 28.6 Å². The monoisotopic (exact) mass is 397 g/mol. The molecule has 0 aromatic heterocycles. The number of carbonyl (C=O) groups excluding carboxylic acids is 2. The molecule has 1 aliphatic carbocycles. The first-order valence-corrected chi connectivity index (χ1v) is 10.1. The average molecular weight is 398 g/mol. The smallest absolute Gasteiger partial charge is 0.240 e. The minimum Gasteiger partial charge on any atom is -0.372 e. The van der Waals surface area contributed by atoms with Crippen LogP contribution in [0.25, 0.3) is 0 Å². The summed E-state index contributed by atoms with van der Waals surface area (Å²) < 4.78 is 0. The van der Waals surface area contributed by atoms with Gasteiger partial charge in [0.25, 0.3) is 0 Å². The van der Waals surface area contributed by atoms with Gasteiger partial charge in [0.1, 0.15) is 5.41 Å². The Balaban J connectivity index is 1.41. The Bertz CT molecular complexity index is 900. The van der Waals surface area contributed by atoms with Crippen molar-refractivity contribution in [3.63, 3.8) is 0 Å². The molecule has 0 bridgehead atoms. The van der Waals surface area contributed by atoms with Gasteiger partial charge in [-0.2, -0.15) is 0 Å². The molecule has 1 saturated heterocycles. The van der Waals surface area contributed by atoms with Crippen LogP contribution in [0.3, 0.4) is 0 Å². The van der Waals surface area contributed by atoms with Crippen LogP contribution in [0.2, 0.25) is 5.02 Å². The predicted molar refractivity (Wildman–Crippen MR) is 113 cm³/mol. The van der Waals surface area contributed by atoms with Crippen molar-refractivity contribution in [2.24, 2.45) is 5.41 Å². The van der Waals surface area contributed by atoms with Gasteiger partial charge in [0.05, 0.1) is 0 Å². The third-order valence-electron chi connectivity index (χ3n) is 5.65. The molecule has 0 atom stereocenters. The zero-order chi connectivity index (χ0) is 19.7. The number of hydrogen-bond donors (Lipinski definition) is 2. The van der Waals surface area contributed by atoms with Crippen LogP contribution in [0.4, 0.5) is 17.1 Å². The largest absolute Gasteiger partial charge is 0.372 e. The first-order valence-electron chi connectivity index (χ1n) is 9.72. The van der Waals surface area contributed by atoms with Crippen molar-refractivity contribution in [3.8, 4) is 0 Å². The number of hydrogen-bond acceptors (Lipinski definition) is 3. The second-order valence-corrected chi connectivity index (χ2v) is 8.13. The van der Waals surface area contributed by atoms with Gasteiger partial charge in [-0.15, -0.1) is 0 Å². The maximum atomic E-state index is 12.8. The number of halogens is 1. The Kier molecular flexibility index (Phi) is 5.02. The highest BCUT2D eigenvalue weighted by molar-refractivity contribution is 6.30. The van der Waals surface area contributed by atoms with E-state index in [1.54, 1.807) is 18.2 Å². The van der Waals surface area contributed by atoms with E-state index in [9.17, 15) is 9.59 Å². The van der Waals surface area contributed by atoms with E-state index < -0.39 is 5.41 Å². The molecule has 6 heteroatoms. The SMILES string of the molecule is Cc1cc(Cl)ccc1NC(=O)C1(C(=O)Nc2ccc(N3CCCC3)cc2)CC1. The number of amides is 2. The molecule has 1 saturated carbocycles. The van der Waals surface area contributed by atoms with Crippen LogP contribution in [-0.4, -0.2) is 24.9 Å². The van der Waals surface area contributed by atoms with Gasteiger partial charge in [0.15, 0.2) is 0 Å². The Labute approximate surface area is 170 Å². The Hall–Kier alpha value is -2.53. The summed E-state index contributed by atoms with van der Waals surface area (Å²) in [7, 11) is 0. The number of nitrogens with zero attached hydrogens (tertiary/aromatic N) is 1. The van der Waals surface area contributed by atoms with Crippen LogP contribution in [-0.2, 0) is 9.59 Å². The maximum Gasteiger partial charge on any atom is 0.240 e. The summed E-state index contributed by atoms with van der Waals surface area (Å²) in [5.74, 6) is -0.505. The molecule has 2 fully saturated rings. The number of aryl methyl sites for hydroxylation is 1. The molecule has 2 amide bonds. The molecule has 5 nitrogen and oxygen atoms in total. The summed E-state index contributed by atoms with van der Waals surface area (Å²) in [6.07, 6.45) is 3.57. The molecule has 0 unspecified atom stereocenters. The number of carbonyl (C=O) groups is 2. The number of anilines is 3. The van der Waals surface area contributed by atoms with E-state index in [4.69, 9.17) is 11.6 Å². The molecule has 0 spiro atoms. The molecule has 2 aromatic carbocycles. The lowest BCUT2D eigenvalue weighted by Gasteiger charge is -2.19. The molecular weight excluding hydrogens is 374 g/mol. The molecule has 1 heterocycles. The molecule has 4 rings (SSSR count). The fraction of sp³-hybridized carbons (Fsp3) is 0.364. The van der Waals surface area contributed by atoms with E-state index in [0.29, 0.717) is 23.6 Å². The lowest BCUT2D eigenvalue weighted by atomic mass is 10.0. The highest BCUT2D eigenvalue weighted by atomic mass is 35.5. The van der Waals surface area contributed by atoms with E-state index in [1.165, 1.54) is 18.5 Å². The summed E-state index contributed by atoms with van der Waals surface area (Å²) in [5.41, 5.74) is 2.46. The van der Waals surface area contributed by atoms with Gasteiger partial charge in [0, 0.05) is 35.2 Å². The van der Waals surface area contributed by atoms with Crippen molar-refractivity contribution >= 4 is 40.5 Å². The minimum absolute atomic E-state index is 0.245. The van der Waals surface area contributed by atoms with Crippen molar-refractivity contribution in [3.05, 3.63) is 53.1 Å². The summed E-state index contributed by atoms with van der Waals surface area (Å²) in [6.45, 7) is 4.04. The van der Waals surface area contributed by atoms with Gasteiger partial charge < -0.3 is 15.5 Å². The zero-order valence-electron chi connectivity index (χ0n) is 15.9. The van der Waals surface area contributed by atoms with E-state index >= 15 is 0 Å². The van der Waals surface area contributed by atoms with Crippen molar-refractivity contribution < 1.29 is 9.59 Å². The van der Waals surface area contributed by atoms with Crippen LogP contribution in [0.5, 0.6) is 0 Å². The molecule has 2 aromatic rings. The highest BCUT2D eigenvalue weighted by Crippen LogP contribution is 2.47. The summed E-state index contributed by atoms with van der Waals surface area (Å²) in [4.78, 5) is 27.9. The molecule has 0 radical (unpaired) electrons. The van der Waals surface area contributed by atoms with E-state index in [0.717, 1.165) is 24.3 Å². The molecule has 146 valence electrons. The average Bonchev–Trinajstić information content (AvgIpc) is 3.32. The first kappa shape index (κ1) is 18.8. The summed E-state index contributed by atoms with van der Waals surface area (Å²) in [5, 5.41) is 6.42. The Morgan fingerprint density at radius 3 is 2.21 bits per heavy atom. The standard InChI is InChI=1S/C22H24ClN3O2/c1-15-14-16(23)4-9-19(15)25-21(28)22(10-11-22)20(27)24-17-5-7-18(8-6-17)26-12-2-3-13-26/h4-9,14H,2-3,10-13H2,1H3,(H,24,27)(H,25,28). The number of nitrogens with one attached hydrogen (secondary N) is 2. The van der Waals surface area contributed by atoms with Gasteiger partial charge in [0.2, 0.25) is 11.8 Å². The molecule has 2 aliphatic rings. The summed E-state index contributed by atoms with van der Waals surface area (Å²) in [6, 6.07) is 13.1. The van der Waals surface area contributed by atoms with Crippen LogP contribution >= 0.6 is 11.6 Å². The molecule has 2 N–H and O–H groups in total. The number of benzene rings is 2. The third-order valence-corrected chi connectivity index (χ3v) is 5.89. The Morgan fingerprint density at radius 2 is 1.61 bits per heavy atom. The molecule has 1 aliphatic heterocycles. The van der Waals surface area contributed by atoms with Crippen LogP contribution in [0, 0.1) is 12.3 Å². The fourth-order valence-electron chi connectivity index (χ4n) is 3.67. The second-order valence-electron chi connectivity index (χ2n) is 7.69. The van der Waals surface area contributed by atoms with E-state index in [2.05, 4.69) is 15.5 Å². The minimum atomic E-state index is -0.986. The van der Waals surface area contributed by atoms with Crippen LogP contribution in [0.15, 0.2) is 42.5 Å².